The summed E-state index contributed by atoms with van der Waals surface area (Å²) in [6.45, 7) is 0.0732. The number of methoxy groups -OCH3 is 3. The summed E-state index contributed by atoms with van der Waals surface area (Å²) >= 11 is 0. The van der Waals surface area contributed by atoms with Crippen molar-refractivity contribution in [2.45, 2.75) is 0 Å². The molecule has 0 spiro atoms. The second-order valence-electron chi connectivity index (χ2n) is 5.37. The highest BCUT2D eigenvalue weighted by Gasteiger charge is 2.09. The van der Waals surface area contributed by atoms with Crippen LogP contribution in [0.25, 0.3) is 12.2 Å². The van der Waals surface area contributed by atoms with Gasteiger partial charge in [-0.15, -0.1) is 0 Å². The van der Waals surface area contributed by atoms with Crippen LogP contribution < -0.4 is 14.2 Å². The molecule has 0 aliphatic carbocycles. The molecule has 2 aromatic carbocycles. The van der Waals surface area contributed by atoms with E-state index in [0.29, 0.717) is 22.8 Å². The second-order valence-corrected chi connectivity index (χ2v) is 5.37. The van der Waals surface area contributed by atoms with Crippen molar-refractivity contribution in [1.82, 2.24) is 0 Å². The normalized spacial score (nSPS) is 11.0. The minimum absolute atomic E-state index is 0.0732. The van der Waals surface area contributed by atoms with Gasteiger partial charge in [-0.3, -0.25) is 0 Å². The van der Waals surface area contributed by atoms with E-state index in [0.717, 1.165) is 5.56 Å². The van der Waals surface area contributed by atoms with Crippen LogP contribution in [-0.2, 0) is 9.53 Å². The first-order valence-corrected chi connectivity index (χ1v) is 8.14. The first-order chi connectivity index (χ1) is 13.1. The monoisotopic (exact) mass is 372 g/mol. The number of rotatable bonds is 8. The topological polar surface area (TPSA) is 54.0 Å². The Bertz CT molecular complexity index is 842. The van der Waals surface area contributed by atoms with Gasteiger partial charge < -0.3 is 18.9 Å². The highest BCUT2D eigenvalue weighted by atomic mass is 19.1. The van der Waals surface area contributed by atoms with E-state index < -0.39 is 5.97 Å². The molecule has 0 N–H and O–H groups in total. The van der Waals surface area contributed by atoms with Crippen LogP contribution in [0.1, 0.15) is 11.1 Å². The van der Waals surface area contributed by atoms with Crippen molar-refractivity contribution in [3.8, 4) is 17.2 Å². The van der Waals surface area contributed by atoms with Gasteiger partial charge in [0.15, 0.2) is 11.5 Å². The summed E-state index contributed by atoms with van der Waals surface area (Å²) in [4.78, 5) is 11.7. The van der Waals surface area contributed by atoms with Crippen molar-refractivity contribution in [3.63, 3.8) is 0 Å². The lowest BCUT2D eigenvalue weighted by atomic mass is 10.1. The second kappa shape index (κ2) is 10.0. The van der Waals surface area contributed by atoms with Gasteiger partial charge in [0.05, 0.1) is 21.3 Å². The van der Waals surface area contributed by atoms with Gasteiger partial charge in [-0.25, -0.2) is 9.18 Å². The molecular weight excluding hydrogens is 351 g/mol. The Kier molecular flexibility index (Phi) is 7.43. The third kappa shape index (κ3) is 5.88. The maximum atomic E-state index is 13.1. The van der Waals surface area contributed by atoms with Crippen molar-refractivity contribution in [1.29, 1.82) is 0 Å². The summed E-state index contributed by atoms with van der Waals surface area (Å²) in [5.41, 5.74) is 1.33. The van der Waals surface area contributed by atoms with Crippen molar-refractivity contribution >= 4 is 18.1 Å². The van der Waals surface area contributed by atoms with Gasteiger partial charge in [-0.05, 0) is 35.9 Å². The molecule has 0 atom stereocenters. The first-order valence-electron chi connectivity index (χ1n) is 8.14. The summed E-state index contributed by atoms with van der Waals surface area (Å²) in [5, 5.41) is 0. The predicted molar refractivity (Wildman–Crippen MR) is 102 cm³/mol. The number of esters is 1. The molecule has 27 heavy (non-hydrogen) atoms. The van der Waals surface area contributed by atoms with Crippen molar-refractivity contribution < 1.29 is 28.1 Å². The number of carbonyl (C=O) groups excluding carboxylic acids is 1. The van der Waals surface area contributed by atoms with Crippen LogP contribution in [0, 0.1) is 5.82 Å². The third-order valence-electron chi connectivity index (χ3n) is 3.62. The zero-order chi connectivity index (χ0) is 19.6. The number of halogens is 1. The van der Waals surface area contributed by atoms with Crippen LogP contribution in [0.5, 0.6) is 17.2 Å². The largest absolute Gasteiger partial charge is 0.496 e. The molecule has 2 rings (SSSR count). The average molecular weight is 372 g/mol. The fraction of sp³-hybridized carbons (Fsp3) is 0.190. The highest BCUT2D eigenvalue weighted by Crippen LogP contribution is 2.35. The maximum Gasteiger partial charge on any atom is 0.331 e. The highest BCUT2D eigenvalue weighted by molar-refractivity contribution is 5.87. The number of hydrogen-bond acceptors (Lipinski definition) is 5. The van der Waals surface area contributed by atoms with Gasteiger partial charge in [0, 0.05) is 17.7 Å². The van der Waals surface area contributed by atoms with E-state index in [1.54, 1.807) is 57.7 Å². The molecule has 5 nitrogen and oxygen atoms in total. The van der Waals surface area contributed by atoms with E-state index in [1.807, 2.05) is 0 Å². The molecule has 0 aliphatic heterocycles. The lowest BCUT2D eigenvalue weighted by Crippen LogP contribution is -2.00. The lowest BCUT2D eigenvalue weighted by Gasteiger charge is -2.12. The summed E-state index contributed by atoms with van der Waals surface area (Å²) in [6.07, 6.45) is 6.17. The van der Waals surface area contributed by atoms with Crippen LogP contribution in [0.2, 0.25) is 0 Å². The Morgan fingerprint density at radius 1 is 0.963 bits per heavy atom. The van der Waals surface area contributed by atoms with Gasteiger partial charge in [-0.1, -0.05) is 18.2 Å². The molecule has 0 saturated carbocycles. The molecule has 0 radical (unpaired) electrons. The molecule has 0 heterocycles. The molecule has 2 aromatic rings. The van der Waals surface area contributed by atoms with E-state index in [4.69, 9.17) is 18.9 Å². The molecule has 0 aliphatic rings. The average Bonchev–Trinajstić information content (AvgIpc) is 2.69. The Morgan fingerprint density at radius 2 is 1.67 bits per heavy atom. The van der Waals surface area contributed by atoms with Gasteiger partial charge >= 0.3 is 5.97 Å². The smallest absolute Gasteiger partial charge is 0.331 e. The number of benzene rings is 2. The number of ether oxygens (including phenoxy) is 4. The molecule has 0 amide bonds. The van der Waals surface area contributed by atoms with Gasteiger partial charge in [0.2, 0.25) is 0 Å². The van der Waals surface area contributed by atoms with Crippen molar-refractivity contribution in [2.75, 3.05) is 27.9 Å². The lowest BCUT2D eigenvalue weighted by molar-refractivity contribution is -0.136. The van der Waals surface area contributed by atoms with Gasteiger partial charge in [0.25, 0.3) is 0 Å². The van der Waals surface area contributed by atoms with Crippen molar-refractivity contribution in [2.24, 2.45) is 0 Å². The van der Waals surface area contributed by atoms with Crippen LogP contribution in [0.15, 0.2) is 48.6 Å². The van der Waals surface area contributed by atoms with Crippen LogP contribution >= 0.6 is 0 Å². The van der Waals surface area contributed by atoms with E-state index in [2.05, 4.69) is 0 Å². The van der Waals surface area contributed by atoms with Crippen molar-refractivity contribution in [3.05, 3.63) is 65.5 Å². The summed E-state index contributed by atoms with van der Waals surface area (Å²) in [6, 6.07) is 9.40. The Balaban J connectivity index is 1.96. The minimum atomic E-state index is -0.525. The van der Waals surface area contributed by atoms with Gasteiger partial charge in [-0.2, -0.15) is 0 Å². The quantitative estimate of drug-likeness (QED) is 0.515. The van der Waals surface area contributed by atoms with E-state index in [-0.39, 0.29) is 12.4 Å². The summed E-state index contributed by atoms with van der Waals surface area (Å²) in [5.74, 6) is 0.829. The molecule has 0 fully saturated rings. The zero-order valence-corrected chi connectivity index (χ0v) is 15.4. The number of hydrogen-bond donors (Lipinski definition) is 0. The molecule has 0 saturated heterocycles. The number of carbonyl (C=O) groups is 1. The van der Waals surface area contributed by atoms with Crippen LogP contribution in [0.4, 0.5) is 4.39 Å². The molecule has 0 unspecified atom stereocenters. The maximum absolute atomic E-state index is 13.1. The molecule has 142 valence electrons. The summed E-state index contributed by atoms with van der Waals surface area (Å²) in [7, 11) is 4.64. The van der Waals surface area contributed by atoms with E-state index in [9.17, 15) is 9.18 Å². The van der Waals surface area contributed by atoms with E-state index >= 15 is 0 Å². The van der Waals surface area contributed by atoms with Crippen LogP contribution in [0.3, 0.4) is 0 Å². The van der Waals surface area contributed by atoms with Crippen LogP contribution in [-0.4, -0.2) is 33.9 Å². The third-order valence-corrected chi connectivity index (χ3v) is 3.62. The Hall–Kier alpha value is -3.28. The standard InChI is InChI=1S/C21H21FO5/c1-24-18-14-20(26-3)19(25-2)13-16(18)7-5-11-27-21(23)10-9-15-6-4-8-17(22)12-15/h4-10,12-14H,11H2,1-3H3/b7-5+,10-9+. The first kappa shape index (κ1) is 20.0. The zero-order valence-electron chi connectivity index (χ0n) is 15.4. The van der Waals surface area contributed by atoms with Gasteiger partial charge in [0.1, 0.15) is 18.2 Å². The predicted octanol–water partition coefficient (Wildman–Crippen LogP) is 4.12. The minimum Gasteiger partial charge on any atom is -0.496 e. The molecule has 0 aromatic heterocycles. The summed E-state index contributed by atoms with van der Waals surface area (Å²) < 4.78 is 34.0. The Morgan fingerprint density at radius 3 is 2.33 bits per heavy atom. The SMILES string of the molecule is COc1cc(OC)c(OC)cc1/C=C/COC(=O)/C=C/c1cccc(F)c1. The molecular formula is C21H21FO5. The Labute approximate surface area is 157 Å². The molecule has 0 bridgehead atoms. The van der Waals surface area contributed by atoms with E-state index in [1.165, 1.54) is 24.3 Å². The fourth-order valence-corrected chi connectivity index (χ4v) is 2.31. The fourth-order valence-electron chi connectivity index (χ4n) is 2.31. The molecule has 6 heteroatoms.